The summed E-state index contributed by atoms with van der Waals surface area (Å²) in [6, 6.07) is 3.27. The van der Waals surface area contributed by atoms with Crippen molar-refractivity contribution in [2.24, 2.45) is 5.92 Å². The molecule has 1 atom stereocenters. The van der Waals surface area contributed by atoms with Crippen molar-refractivity contribution in [2.75, 3.05) is 18.8 Å². The summed E-state index contributed by atoms with van der Waals surface area (Å²) >= 11 is 5.78. The van der Waals surface area contributed by atoms with Gasteiger partial charge in [-0.1, -0.05) is 18.5 Å². The summed E-state index contributed by atoms with van der Waals surface area (Å²) in [4.78, 5) is 3.71. The molecule has 1 rings (SSSR count). The molecule has 2 N–H and O–H groups in total. The Bertz CT molecular complexity index is 597. The van der Waals surface area contributed by atoms with Crippen LogP contribution in [0.5, 0.6) is 0 Å². The molecule has 1 heterocycles. The number of sulfonamides is 1. The van der Waals surface area contributed by atoms with Crippen LogP contribution in [0, 0.1) is 17.2 Å². The molecule has 0 aliphatic carbocycles. The van der Waals surface area contributed by atoms with E-state index in [1.807, 2.05) is 6.07 Å². The van der Waals surface area contributed by atoms with E-state index in [9.17, 15) is 8.42 Å². The zero-order valence-corrected chi connectivity index (χ0v) is 12.2. The Morgan fingerprint density at radius 3 is 2.74 bits per heavy atom. The predicted octanol–water partition coefficient (Wildman–Crippen LogP) is 1.49. The van der Waals surface area contributed by atoms with Crippen LogP contribution in [0.3, 0.4) is 0 Å². The average molecular weight is 303 g/mol. The van der Waals surface area contributed by atoms with E-state index in [-0.39, 0.29) is 28.8 Å². The van der Waals surface area contributed by atoms with E-state index in [0.717, 1.165) is 6.20 Å². The van der Waals surface area contributed by atoms with Gasteiger partial charge < -0.3 is 5.73 Å². The summed E-state index contributed by atoms with van der Waals surface area (Å²) in [5.74, 6) is -0.319. The third-order valence-corrected chi connectivity index (χ3v) is 4.74. The van der Waals surface area contributed by atoms with E-state index in [2.05, 4.69) is 4.98 Å². The van der Waals surface area contributed by atoms with E-state index in [0.29, 0.717) is 0 Å². The van der Waals surface area contributed by atoms with Crippen molar-refractivity contribution in [3.8, 4) is 6.07 Å². The maximum atomic E-state index is 12.4. The van der Waals surface area contributed by atoms with Gasteiger partial charge in [-0.15, -0.1) is 0 Å². The van der Waals surface area contributed by atoms with Crippen molar-refractivity contribution in [3.05, 3.63) is 17.3 Å². The first-order chi connectivity index (χ1) is 8.82. The lowest BCUT2D eigenvalue weighted by atomic mass is 10.2. The Labute approximate surface area is 117 Å². The van der Waals surface area contributed by atoms with Gasteiger partial charge in [-0.2, -0.15) is 9.57 Å². The molecule has 0 aliphatic heterocycles. The molecular weight excluding hydrogens is 288 g/mol. The van der Waals surface area contributed by atoms with Crippen LogP contribution in [-0.4, -0.2) is 30.8 Å². The van der Waals surface area contributed by atoms with Crippen molar-refractivity contribution in [2.45, 2.75) is 18.7 Å². The average Bonchev–Trinajstić information content (AvgIpc) is 2.38. The molecule has 0 bridgehead atoms. The van der Waals surface area contributed by atoms with E-state index in [1.54, 1.807) is 13.8 Å². The highest BCUT2D eigenvalue weighted by atomic mass is 35.5. The first kappa shape index (κ1) is 15.7. The summed E-state index contributed by atoms with van der Waals surface area (Å²) in [6.07, 6.45) is 1.16. The molecule has 0 spiro atoms. The summed E-state index contributed by atoms with van der Waals surface area (Å²) in [7, 11) is -3.72. The van der Waals surface area contributed by atoms with Crippen LogP contribution in [-0.2, 0) is 10.0 Å². The highest BCUT2D eigenvalue weighted by Gasteiger charge is 2.25. The SMILES string of the molecule is CCN(CC(C)C#N)S(=O)(=O)c1cnc(N)c(Cl)c1. The van der Waals surface area contributed by atoms with Crippen LogP contribution >= 0.6 is 11.6 Å². The monoisotopic (exact) mass is 302 g/mol. The lowest BCUT2D eigenvalue weighted by molar-refractivity contribution is 0.399. The van der Waals surface area contributed by atoms with Gasteiger partial charge in [-0.05, 0) is 13.0 Å². The fourth-order valence-electron chi connectivity index (χ4n) is 1.46. The molecule has 0 aromatic carbocycles. The minimum atomic E-state index is -3.72. The Balaban J connectivity index is 3.14. The minimum absolute atomic E-state index is 0.0290. The summed E-state index contributed by atoms with van der Waals surface area (Å²) in [6.45, 7) is 3.74. The summed E-state index contributed by atoms with van der Waals surface area (Å²) in [5.41, 5.74) is 5.45. The molecule has 8 heteroatoms. The summed E-state index contributed by atoms with van der Waals surface area (Å²) in [5, 5.41) is 8.86. The lowest BCUT2D eigenvalue weighted by Crippen LogP contribution is -2.34. The number of halogens is 1. The van der Waals surface area contributed by atoms with Crippen molar-refractivity contribution in [1.82, 2.24) is 9.29 Å². The standard InChI is InChI=1S/C11H15ClN4O2S/c1-3-16(7-8(2)5-13)19(17,18)9-4-10(12)11(14)15-6-9/h4,6,8H,3,7H2,1-2H3,(H2,14,15). The van der Waals surface area contributed by atoms with E-state index in [1.165, 1.54) is 10.4 Å². The lowest BCUT2D eigenvalue weighted by Gasteiger charge is -2.21. The third-order valence-electron chi connectivity index (χ3n) is 2.53. The zero-order valence-electron chi connectivity index (χ0n) is 10.7. The second-order valence-corrected chi connectivity index (χ2v) is 6.37. The number of hydrogen-bond donors (Lipinski definition) is 1. The molecular formula is C11H15ClN4O2S. The fourth-order valence-corrected chi connectivity index (χ4v) is 3.21. The van der Waals surface area contributed by atoms with Crippen molar-refractivity contribution >= 4 is 27.4 Å². The quantitative estimate of drug-likeness (QED) is 0.888. The molecule has 0 amide bonds. The van der Waals surface area contributed by atoms with Gasteiger partial charge in [0.25, 0.3) is 0 Å². The van der Waals surface area contributed by atoms with Gasteiger partial charge in [0.05, 0.1) is 17.0 Å². The van der Waals surface area contributed by atoms with Crippen LogP contribution in [0.4, 0.5) is 5.82 Å². The summed E-state index contributed by atoms with van der Waals surface area (Å²) < 4.78 is 25.9. The number of nitrogens with zero attached hydrogens (tertiary/aromatic N) is 3. The second-order valence-electron chi connectivity index (χ2n) is 4.02. The van der Waals surface area contributed by atoms with Gasteiger partial charge in [0.15, 0.2) is 0 Å². The number of hydrogen-bond acceptors (Lipinski definition) is 5. The first-order valence-electron chi connectivity index (χ1n) is 5.63. The minimum Gasteiger partial charge on any atom is -0.382 e. The van der Waals surface area contributed by atoms with Gasteiger partial charge in [-0.25, -0.2) is 13.4 Å². The number of nitriles is 1. The molecule has 0 saturated heterocycles. The molecule has 19 heavy (non-hydrogen) atoms. The molecule has 0 fully saturated rings. The number of anilines is 1. The van der Waals surface area contributed by atoms with Crippen molar-refractivity contribution < 1.29 is 8.42 Å². The van der Waals surface area contributed by atoms with Crippen LogP contribution in [0.1, 0.15) is 13.8 Å². The van der Waals surface area contributed by atoms with Crippen LogP contribution in [0.15, 0.2) is 17.2 Å². The Morgan fingerprint density at radius 2 is 2.26 bits per heavy atom. The topological polar surface area (TPSA) is 100 Å². The number of nitrogen functional groups attached to an aromatic ring is 1. The van der Waals surface area contributed by atoms with Gasteiger partial charge >= 0.3 is 0 Å². The molecule has 0 aliphatic rings. The van der Waals surface area contributed by atoms with Crippen LogP contribution < -0.4 is 5.73 Å². The molecule has 1 aromatic rings. The van der Waals surface area contributed by atoms with Gasteiger partial charge in [-0.3, -0.25) is 0 Å². The number of pyridine rings is 1. The Morgan fingerprint density at radius 1 is 1.63 bits per heavy atom. The van der Waals surface area contributed by atoms with Crippen molar-refractivity contribution in [3.63, 3.8) is 0 Å². The normalized spacial score (nSPS) is 13.2. The third kappa shape index (κ3) is 3.56. The maximum Gasteiger partial charge on any atom is 0.244 e. The predicted molar refractivity (Wildman–Crippen MR) is 72.9 cm³/mol. The van der Waals surface area contributed by atoms with E-state index in [4.69, 9.17) is 22.6 Å². The largest absolute Gasteiger partial charge is 0.382 e. The molecule has 104 valence electrons. The molecule has 0 radical (unpaired) electrons. The smallest absolute Gasteiger partial charge is 0.244 e. The maximum absolute atomic E-state index is 12.4. The molecule has 0 saturated carbocycles. The van der Waals surface area contributed by atoms with Gasteiger partial charge in [0.1, 0.15) is 10.7 Å². The van der Waals surface area contributed by atoms with Gasteiger partial charge in [0.2, 0.25) is 10.0 Å². The Kier molecular flexibility index (Phi) is 5.11. The van der Waals surface area contributed by atoms with E-state index >= 15 is 0 Å². The number of rotatable bonds is 5. The molecule has 1 unspecified atom stereocenters. The highest BCUT2D eigenvalue weighted by molar-refractivity contribution is 7.89. The van der Waals surface area contributed by atoms with Crippen LogP contribution in [0.25, 0.3) is 0 Å². The van der Waals surface area contributed by atoms with Crippen molar-refractivity contribution in [1.29, 1.82) is 5.26 Å². The Hall–Kier alpha value is -1.36. The van der Waals surface area contributed by atoms with Crippen LogP contribution in [0.2, 0.25) is 5.02 Å². The zero-order chi connectivity index (χ0) is 14.6. The second kappa shape index (κ2) is 6.19. The van der Waals surface area contributed by atoms with E-state index < -0.39 is 15.9 Å². The fraction of sp³-hybridized carbons (Fsp3) is 0.455. The number of nitrogens with two attached hydrogens (primary N) is 1. The first-order valence-corrected chi connectivity index (χ1v) is 7.45. The molecule has 6 nitrogen and oxygen atoms in total. The highest BCUT2D eigenvalue weighted by Crippen LogP contribution is 2.22. The molecule has 1 aromatic heterocycles. The number of aromatic nitrogens is 1. The van der Waals surface area contributed by atoms with Gasteiger partial charge in [0, 0.05) is 19.3 Å².